The number of fused-ring (bicyclic) bond motifs is 2. The topological polar surface area (TPSA) is 68.4 Å². The molecule has 0 saturated heterocycles. The van der Waals surface area contributed by atoms with Gasteiger partial charge in [0.05, 0.1) is 36.6 Å². The molecule has 0 spiro atoms. The standard InChI is InChI=1S/C20H21NO4/c1-5-25-17(22)9-13-7-6-8-15-18(13)20(23)14-10-16(24-4)11(2)12(3)19(14)21-15/h6-8,10H,5,9H2,1-4H3,(H,21,23). The van der Waals surface area contributed by atoms with Crippen LogP contribution in [0.2, 0.25) is 0 Å². The largest absolute Gasteiger partial charge is 0.496 e. The molecule has 0 saturated carbocycles. The van der Waals surface area contributed by atoms with Crippen LogP contribution in [0.3, 0.4) is 0 Å². The van der Waals surface area contributed by atoms with Crippen LogP contribution in [0.1, 0.15) is 23.6 Å². The number of hydrogen-bond donors (Lipinski definition) is 1. The Labute approximate surface area is 145 Å². The number of aromatic nitrogens is 1. The lowest BCUT2D eigenvalue weighted by Crippen LogP contribution is -2.13. The van der Waals surface area contributed by atoms with Gasteiger partial charge in [-0.1, -0.05) is 12.1 Å². The molecule has 0 aliphatic rings. The van der Waals surface area contributed by atoms with E-state index in [-0.39, 0.29) is 17.8 Å². The minimum Gasteiger partial charge on any atom is -0.496 e. The summed E-state index contributed by atoms with van der Waals surface area (Å²) < 4.78 is 10.4. The third-order valence-corrected chi connectivity index (χ3v) is 4.59. The molecule has 1 heterocycles. The van der Waals surface area contributed by atoms with Crippen LogP contribution >= 0.6 is 0 Å². The average molecular weight is 339 g/mol. The van der Waals surface area contributed by atoms with Crippen molar-refractivity contribution in [2.24, 2.45) is 0 Å². The summed E-state index contributed by atoms with van der Waals surface area (Å²) in [6, 6.07) is 7.24. The molecule has 0 atom stereocenters. The number of pyridine rings is 1. The maximum atomic E-state index is 13.2. The first-order valence-electron chi connectivity index (χ1n) is 8.25. The Kier molecular flexibility index (Phi) is 4.49. The highest BCUT2D eigenvalue weighted by Gasteiger charge is 2.16. The molecule has 0 radical (unpaired) electrons. The lowest BCUT2D eigenvalue weighted by molar-refractivity contribution is -0.142. The first-order valence-corrected chi connectivity index (χ1v) is 8.25. The van der Waals surface area contributed by atoms with Crippen molar-refractivity contribution in [3.63, 3.8) is 0 Å². The molecule has 0 fully saturated rings. The second kappa shape index (κ2) is 6.59. The van der Waals surface area contributed by atoms with Gasteiger partial charge in [0.1, 0.15) is 5.75 Å². The molecule has 1 N–H and O–H groups in total. The minimum absolute atomic E-state index is 0.0712. The van der Waals surface area contributed by atoms with Gasteiger partial charge >= 0.3 is 5.97 Å². The predicted molar refractivity (Wildman–Crippen MR) is 98.4 cm³/mol. The van der Waals surface area contributed by atoms with Gasteiger partial charge in [0, 0.05) is 5.39 Å². The fourth-order valence-electron chi connectivity index (χ4n) is 3.19. The Bertz CT molecular complexity index is 1030. The monoisotopic (exact) mass is 339 g/mol. The van der Waals surface area contributed by atoms with E-state index in [1.165, 1.54) is 0 Å². The number of benzene rings is 2. The summed E-state index contributed by atoms with van der Waals surface area (Å²) in [5.74, 6) is 0.338. The first kappa shape index (κ1) is 17.0. The summed E-state index contributed by atoms with van der Waals surface area (Å²) in [5.41, 5.74) is 4.04. The normalized spacial score (nSPS) is 11.0. The first-order chi connectivity index (χ1) is 12.0. The number of carbonyl (C=O) groups is 1. The van der Waals surface area contributed by atoms with Gasteiger partial charge in [0.2, 0.25) is 0 Å². The van der Waals surface area contributed by atoms with Gasteiger partial charge in [-0.3, -0.25) is 9.59 Å². The Morgan fingerprint density at radius 1 is 1.20 bits per heavy atom. The van der Waals surface area contributed by atoms with E-state index >= 15 is 0 Å². The van der Waals surface area contributed by atoms with Crippen LogP contribution in [-0.4, -0.2) is 24.7 Å². The third-order valence-electron chi connectivity index (χ3n) is 4.59. The van der Waals surface area contributed by atoms with Gasteiger partial charge in [0.25, 0.3) is 0 Å². The van der Waals surface area contributed by atoms with Gasteiger partial charge in [0.15, 0.2) is 5.43 Å². The highest BCUT2D eigenvalue weighted by Crippen LogP contribution is 2.29. The maximum absolute atomic E-state index is 13.2. The Morgan fingerprint density at radius 3 is 2.64 bits per heavy atom. The van der Waals surface area contributed by atoms with Crippen molar-refractivity contribution in [1.29, 1.82) is 0 Å². The maximum Gasteiger partial charge on any atom is 0.310 e. The molecule has 3 rings (SSSR count). The van der Waals surface area contributed by atoms with Crippen LogP contribution in [0.5, 0.6) is 5.75 Å². The van der Waals surface area contributed by atoms with E-state index < -0.39 is 0 Å². The van der Waals surface area contributed by atoms with Crippen LogP contribution in [0.15, 0.2) is 29.1 Å². The smallest absolute Gasteiger partial charge is 0.310 e. The number of ether oxygens (including phenoxy) is 2. The van der Waals surface area contributed by atoms with Crippen molar-refractivity contribution in [2.75, 3.05) is 13.7 Å². The zero-order valence-electron chi connectivity index (χ0n) is 14.9. The molecular weight excluding hydrogens is 318 g/mol. The second-order valence-corrected chi connectivity index (χ2v) is 6.03. The molecule has 5 nitrogen and oxygen atoms in total. The fraction of sp³-hybridized carbons (Fsp3) is 0.300. The van der Waals surface area contributed by atoms with Gasteiger partial charge < -0.3 is 14.5 Å². The average Bonchev–Trinajstić information content (AvgIpc) is 2.59. The minimum atomic E-state index is -0.341. The van der Waals surface area contributed by atoms with Crippen molar-refractivity contribution in [2.45, 2.75) is 27.2 Å². The number of rotatable bonds is 4. The Morgan fingerprint density at radius 2 is 1.96 bits per heavy atom. The molecule has 0 aliphatic heterocycles. The highest BCUT2D eigenvalue weighted by atomic mass is 16.5. The molecule has 0 bridgehead atoms. The van der Waals surface area contributed by atoms with E-state index in [1.54, 1.807) is 26.2 Å². The number of aryl methyl sites for hydroxylation is 1. The van der Waals surface area contributed by atoms with Crippen molar-refractivity contribution in [1.82, 2.24) is 4.98 Å². The molecule has 5 heteroatoms. The molecule has 1 aromatic heterocycles. The van der Waals surface area contributed by atoms with E-state index in [9.17, 15) is 9.59 Å². The van der Waals surface area contributed by atoms with E-state index in [1.807, 2.05) is 26.0 Å². The third kappa shape index (κ3) is 2.86. The number of carbonyl (C=O) groups excluding carboxylic acids is 1. The van der Waals surface area contributed by atoms with Gasteiger partial charge in [-0.15, -0.1) is 0 Å². The number of esters is 1. The zero-order chi connectivity index (χ0) is 18.1. The highest BCUT2D eigenvalue weighted by molar-refractivity contribution is 5.97. The van der Waals surface area contributed by atoms with Crippen molar-refractivity contribution < 1.29 is 14.3 Å². The van der Waals surface area contributed by atoms with E-state index in [0.29, 0.717) is 34.2 Å². The Hall–Kier alpha value is -2.82. The molecule has 3 aromatic rings. The van der Waals surface area contributed by atoms with Gasteiger partial charge in [-0.25, -0.2) is 0 Å². The number of nitrogens with one attached hydrogen (secondary N) is 1. The lowest BCUT2D eigenvalue weighted by atomic mass is 9.99. The summed E-state index contributed by atoms with van der Waals surface area (Å²) in [6.45, 7) is 6.01. The van der Waals surface area contributed by atoms with E-state index in [4.69, 9.17) is 9.47 Å². The van der Waals surface area contributed by atoms with Crippen LogP contribution in [0.25, 0.3) is 21.8 Å². The molecule has 130 valence electrons. The predicted octanol–water partition coefficient (Wildman–Crippen LogP) is 3.41. The van der Waals surface area contributed by atoms with Crippen LogP contribution < -0.4 is 10.2 Å². The van der Waals surface area contributed by atoms with Crippen molar-refractivity contribution >= 4 is 27.8 Å². The number of hydrogen-bond acceptors (Lipinski definition) is 4. The van der Waals surface area contributed by atoms with Gasteiger partial charge in [-0.05, 0) is 49.6 Å². The van der Waals surface area contributed by atoms with Gasteiger partial charge in [-0.2, -0.15) is 0 Å². The summed E-state index contributed by atoms with van der Waals surface area (Å²) in [6.07, 6.45) is 0.0712. The SMILES string of the molecule is CCOC(=O)Cc1cccc2[nH]c3c(C)c(C)c(OC)cc3c(=O)c12. The van der Waals surface area contributed by atoms with Crippen LogP contribution in [-0.2, 0) is 16.0 Å². The number of aromatic amines is 1. The Balaban J connectivity index is 2.33. The number of methoxy groups -OCH3 is 1. The molecule has 0 unspecified atom stereocenters. The van der Waals surface area contributed by atoms with Crippen LogP contribution in [0, 0.1) is 13.8 Å². The van der Waals surface area contributed by atoms with Crippen molar-refractivity contribution in [3.05, 3.63) is 51.2 Å². The molecule has 25 heavy (non-hydrogen) atoms. The van der Waals surface area contributed by atoms with E-state index in [0.717, 1.165) is 16.6 Å². The summed E-state index contributed by atoms with van der Waals surface area (Å²) in [5, 5.41) is 1.08. The number of H-pyrrole nitrogens is 1. The van der Waals surface area contributed by atoms with Crippen molar-refractivity contribution in [3.8, 4) is 5.75 Å². The quantitative estimate of drug-likeness (QED) is 0.584. The summed E-state index contributed by atoms with van der Waals surface area (Å²) in [4.78, 5) is 28.4. The zero-order valence-corrected chi connectivity index (χ0v) is 14.9. The van der Waals surface area contributed by atoms with Crippen LogP contribution in [0.4, 0.5) is 0 Å². The molecule has 0 amide bonds. The fourth-order valence-corrected chi connectivity index (χ4v) is 3.19. The summed E-state index contributed by atoms with van der Waals surface area (Å²) >= 11 is 0. The molecule has 0 aliphatic carbocycles. The molecule has 2 aromatic carbocycles. The summed E-state index contributed by atoms with van der Waals surface area (Å²) in [7, 11) is 1.59. The lowest BCUT2D eigenvalue weighted by Gasteiger charge is -2.13. The van der Waals surface area contributed by atoms with E-state index in [2.05, 4.69) is 4.98 Å². The molecular formula is C20H21NO4. The second-order valence-electron chi connectivity index (χ2n) is 6.03.